The van der Waals surface area contributed by atoms with Gasteiger partial charge in [-0.1, -0.05) is 36.4 Å². The molecule has 1 heterocycles. The number of fused-ring (bicyclic) bond motifs is 3. The van der Waals surface area contributed by atoms with Crippen LogP contribution in [0, 0.1) is 11.7 Å². The highest BCUT2D eigenvalue weighted by Crippen LogP contribution is 2.50. The maximum absolute atomic E-state index is 14.3. The van der Waals surface area contributed by atoms with Crippen LogP contribution in [0.1, 0.15) is 39.9 Å². The molecule has 1 N–H and O–H groups in total. The summed E-state index contributed by atoms with van der Waals surface area (Å²) in [5, 5.41) is 3.38. The fourth-order valence-electron chi connectivity index (χ4n) is 3.86. The predicted molar refractivity (Wildman–Crippen MR) is 90.5 cm³/mol. The third-order valence-corrected chi connectivity index (χ3v) is 5.04. The summed E-state index contributed by atoms with van der Waals surface area (Å²) in [5.74, 6) is 0.00268. The van der Waals surface area contributed by atoms with Crippen LogP contribution >= 0.6 is 0 Å². The van der Waals surface area contributed by atoms with E-state index in [1.165, 1.54) is 13.2 Å². The van der Waals surface area contributed by atoms with Crippen molar-refractivity contribution in [3.63, 3.8) is 0 Å². The number of rotatable bonds is 2. The third kappa shape index (κ3) is 2.30. The van der Waals surface area contributed by atoms with E-state index in [2.05, 4.69) is 17.5 Å². The number of carbonyl (C=O) groups is 1. The molecule has 1 aliphatic carbocycles. The molecule has 0 saturated heterocycles. The summed E-state index contributed by atoms with van der Waals surface area (Å²) in [4.78, 5) is 11.6. The minimum Gasteiger partial charge on any atom is -0.465 e. The highest BCUT2D eigenvalue weighted by atomic mass is 19.1. The first kappa shape index (κ1) is 14.9. The van der Waals surface area contributed by atoms with Gasteiger partial charge < -0.3 is 10.1 Å². The van der Waals surface area contributed by atoms with Gasteiger partial charge >= 0.3 is 5.97 Å². The first-order valence-corrected chi connectivity index (χ1v) is 8.09. The lowest BCUT2D eigenvalue weighted by atomic mass is 9.77. The molecule has 122 valence electrons. The first-order chi connectivity index (χ1) is 11.7. The molecule has 2 aromatic rings. The number of nitrogens with one attached hydrogen (secondary N) is 1. The van der Waals surface area contributed by atoms with Gasteiger partial charge in [0.1, 0.15) is 5.82 Å². The van der Waals surface area contributed by atoms with Crippen LogP contribution in [0.25, 0.3) is 0 Å². The van der Waals surface area contributed by atoms with Crippen molar-refractivity contribution in [2.24, 2.45) is 5.92 Å². The number of halogens is 1. The van der Waals surface area contributed by atoms with E-state index in [1.807, 2.05) is 18.2 Å². The average Bonchev–Trinajstić information content (AvgIpc) is 3.11. The highest BCUT2D eigenvalue weighted by Gasteiger charge is 2.38. The van der Waals surface area contributed by atoms with Crippen LogP contribution in [-0.2, 0) is 4.74 Å². The average molecular weight is 323 g/mol. The smallest absolute Gasteiger partial charge is 0.337 e. The van der Waals surface area contributed by atoms with Crippen molar-refractivity contribution in [2.45, 2.75) is 18.4 Å². The van der Waals surface area contributed by atoms with Crippen molar-refractivity contribution in [3.05, 3.63) is 77.1 Å². The number of hydrogen-bond donors (Lipinski definition) is 1. The maximum atomic E-state index is 14.3. The number of methoxy groups -OCH3 is 1. The van der Waals surface area contributed by atoms with Crippen LogP contribution in [0.15, 0.2) is 54.6 Å². The normalized spacial score (nSPS) is 24.0. The Hall–Kier alpha value is -2.62. The van der Waals surface area contributed by atoms with Gasteiger partial charge in [-0.25, -0.2) is 9.18 Å². The van der Waals surface area contributed by atoms with E-state index in [-0.39, 0.29) is 23.7 Å². The van der Waals surface area contributed by atoms with Crippen LogP contribution in [0.5, 0.6) is 0 Å². The monoisotopic (exact) mass is 323 g/mol. The summed E-state index contributed by atoms with van der Waals surface area (Å²) < 4.78 is 19.0. The van der Waals surface area contributed by atoms with E-state index in [0.29, 0.717) is 17.2 Å². The summed E-state index contributed by atoms with van der Waals surface area (Å²) in [7, 11) is 1.37. The summed E-state index contributed by atoms with van der Waals surface area (Å²) in [6.07, 6.45) is 5.31. The van der Waals surface area contributed by atoms with Crippen LogP contribution in [0.3, 0.4) is 0 Å². The van der Waals surface area contributed by atoms with E-state index in [0.717, 1.165) is 17.5 Å². The van der Waals surface area contributed by atoms with E-state index < -0.39 is 0 Å². The van der Waals surface area contributed by atoms with Gasteiger partial charge in [0.2, 0.25) is 0 Å². The number of hydrogen-bond acceptors (Lipinski definition) is 3. The number of esters is 1. The highest BCUT2D eigenvalue weighted by molar-refractivity contribution is 5.89. The number of carbonyl (C=O) groups excluding carboxylic acids is 1. The quantitative estimate of drug-likeness (QED) is 0.656. The van der Waals surface area contributed by atoms with Gasteiger partial charge in [-0.2, -0.15) is 0 Å². The molecule has 0 fully saturated rings. The zero-order valence-corrected chi connectivity index (χ0v) is 13.3. The molecule has 0 bridgehead atoms. The lowest BCUT2D eigenvalue weighted by Gasteiger charge is -2.37. The second kappa shape index (κ2) is 5.78. The maximum Gasteiger partial charge on any atom is 0.337 e. The van der Waals surface area contributed by atoms with Gasteiger partial charge in [0.05, 0.1) is 24.4 Å². The van der Waals surface area contributed by atoms with Crippen molar-refractivity contribution in [2.75, 3.05) is 12.4 Å². The Morgan fingerprint density at radius 2 is 2.00 bits per heavy atom. The van der Waals surface area contributed by atoms with E-state index >= 15 is 0 Å². The van der Waals surface area contributed by atoms with E-state index in [4.69, 9.17) is 4.74 Å². The lowest BCUT2D eigenvalue weighted by molar-refractivity contribution is 0.0600. The molecular formula is C20H18FNO2. The molecule has 0 aromatic heterocycles. The van der Waals surface area contributed by atoms with Gasteiger partial charge in [0.15, 0.2) is 0 Å². The van der Waals surface area contributed by atoms with Gasteiger partial charge in [-0.15, -0.1) is 0 Å². The largest absolute Gasteiger partial charge is 0.465 e. The fraction of sp³-hybridized carbons (Fsp3) is 0.250. The molecule has 3 nitrogen and oxygen atoms in total. The number of allylic oxidation sites excluding steroid dienone is 2. The summed E-state index contributed by atoms with van der Waals surface area (Å²) in [5.41, 5.74) is 3.18. The van der Waals surface area contributed by atoms with Gasteiger partial charge in [-0.3, -0.25) is 0 Å². The van der Waals surface area contributed by atoms with Crippen LogP contribution in [0.2, 0.25) is 0 Å². The van der Waals surface area contributed by atoms with Crippen molar-refractivity contribution in [3.8, 4) is 0 Å². The topological polar surface area (TPSA) is 38.3 Å². The van der Waals surface area contributed by atoms with E-state index in [9.17, 15) is 9.18 Å². The predicted octanol–water partition coefficient (Wildman–Crippen LogP) is 4.44. The molecule has 0 amide bonds. The van der Waals surface area contributed by atoms with Crippen LogP contribution in [0.4, 0.5) is 10.1 Å². The number of benzene rings is 2. The molecule has 0 saturated carbocycles. The second-order valence-corrected chi connectivity index (χ2v) is 6.29. The number of para-hydroxylation sites is 1. The van der Waals surface area contributed by atoms with Gasteiger partial charge in [0, 0.05) is 5.92 Å². The molecule has 3 atom stereocenters. The summed E-state index contributed by atoms with van der Waals surface area (Å²) in [6.45, 7) is 0. The molecule has 2 aromatic carbocycles. The Bertz CT molecular complexity index is 813. The minimum atomic E-state index is -0.352. The third-order valence-electron chi connectivity index (χ3n) is 5.04. The fourth-order valence-corrected chi connectivity index (χ4v) is 3.86. The zero-order valence-electron chi connectivity index (χ0n) is 13.3. The zero-order chi connectivity index (χ0) is 16.7. The summed E-state index contributed by atoms with van der Waals surface area (Å²) >= 11 is 0. The molecule has 24 heavy (non-hydrogen) atoms. The molecule has 0 spiro atoms. The molecular weight excluding hydrogens is 305 g/mol. The molecule has 0 unspecified atom stereocenters. The number of ether oxygens (including phenoxy) is 1. The number of anilines is 1. The molecule has 0 radical (unpaired) electrons. The minimum absolute atomic E-state index is 0.0149. The Morgan fingerprint density at radius 1 is 1.21 bits per heavy atom. The second-order valence-electron chi connectivity index (χ2n) is 6.29. The van der Waals surface area contributed by atoms with Gasteiger partial charge in [0.25, 0.3) is 0 Å². The molecule has 2 aliphatic rings. The Labute approximate surface area is 140 Å². The van der Waals surface area contributed by atoms with E-state index in [1.54, 1.807) is 18.2 Å². The van der Waals surface area contributed by atoms with Crippen molar-refractivity contribution in [1.29, 1.82) is 0 Å². The van der Waals surface area contributed by atoms with Crippen LogP contribution in [-0.4, -0.2) is 13.1 Å². The first-order valence-electron chi connectivity index (χ1n) is 8.09. The summed E-state index contributed by atoms with van der Waals surface area (Å²) in [6, 6.07) is 12.6. The molecule has 4 rings (SSSR count). The SMILES string of the molecule is COC(=O)c1ccc([C@@H]2Nc3c(F)cccc3[C@H]3C=CC[C@@H]32)cc1. The lowest BCUT2D eigenvalue weighted by Crippen LogP contribution is -2.29. The standard InChI is InChI=1S/C20H18FNO2/c1-24-20(23)13-10-8-12(9-11-13)18-15-5-2-4-14(15)16-6-3-7-17(21)19(16)22-18/h2-4,6-11,14-15,18,22H,5H2,1H3/t14-,15-,18-/m0/s1. The Balaban J connectivity index is 1.71. The van der Waals surface area contributed by atoms with Crippen LogP contribution < -0.4 is 5.32 Å². The van der Waals surface area contributed by atoms with Crippen molar-refractivity contribution in [1.82, 2.24) is 0 Å². The van der Waals surface area contributed by atoms with Gasteiger partial charge in [-0.05, 0) is 41.7 Å². The Morgan fingerprint density at radius 3 is 2.75 bits per heavy atom. The van der Waals surface area contributed by atoms with Crippen molar-refractivity contribution >= 4 is 11.7 Å². The van der Waals surface area contributed by atoms with Crippen molar-refractivity contribution < 1.29 is 13.9 Å². The molecule has 1 aliphatic heterocycles. The molecule has 4 heteroatoms. The Kier molecular flexibility index (Phi) is 3.60.